The van der Waals surface area contributed by atoms with Gasteiger partial charge in [-0.25, -0.2) is 0 Å². The maximum absolute atomic E-state index is 12.3. The average molecular weight is 297 g/mol. The maximum atomic E-state index is 12.3. The number of rotatable bonds is 2. The molecule has 114 valence electrons. The summed E-state index contributed by atoms with van der Waals surface area (Å²) in [6.45, 7) is 2.52. The van der Waals surface area contributed by atoms with E-state index in [1.807, 2.05) is 19.2 Å². The van der Waals surface area contributed by atoms with E-state index in [-0.39, 0.29) is 22.9 Å². The molecule has 1 aliphatic heterocycles. The van der Waals surface area contributed by atoms with E-state index < -0.39 is 0 Å². The minimum absolute atomic E-state index is 0.00639. The number of amides is 1. The van der Waals surface area contributed by atoms with Crippen LogP contribution in [-0.2, 0) is 6.42 Å². The van der Waals surface area contributed by atoms with Crippen molar-refractivity contribution in [1.29, 1.82) is 0 Å². The fourth-order valence-electron chi connectivity index (χ4n) is 2.93. The third-order valence-corrected chi connectivity index (χ3v) is 4.00. The van der Waals surface area contributed by atoms with Gasteiger partial charge >= 0.3 is 0 Å². The molecule has 1 aromatic heterocycles. The van der Waals surface area contributed by atoms with Crippen LogP contribution in [0.15, 0.2) is 41.3 Å². The molecule has 0 radical (unpaired) electrons. The molecule has 0 saturated carbocycles. The Balaban J connectivity index is 1.77. The molecule has 5 heteroatoms. The second-order valence-corrected chi connectivity index (χ2v) is 5.78. The zero-order valence-electron chi connectivity index (χ0n) is 12.7. The first-order chi connectivity index (χ1) is 10.5. The summed E-state index contributed by atoms with van der Waals surface area (Å²) in [6, 6.07) is 9.60. The van der Waals surface area contributed by atoms with Crippen LogP contribution in [0.2, 0.25) is 0 Å². The second-order valence-electron chi connectivity index (χ2n) is 5.78. The van der Waals surface area contributed by atoms with Gasteiger partial charge in [-0.3, -0.25) is 9.59 Å². The number of carbonyl (C=O) groups excluding carboxylic acids is 1. The molecule has 2 heterocycles. The standard InChI is InChI=1S/C17H19N3O2/c1-11-7-16(21)14(9-18-11)17(22)19-13-8-12-5-3-4-6-15(12)20(2)10-13/h3-7,9,13H,8,10H2,1-2H3,(H,18,21)(H,19,22). The van der Waals surface area contributed by atoms with Crippen LogP contribution in [0.25, 0.3) is 0 Å². The van der Waals surface area contributed by atoms with Crippen molar-refractivity contribution in [2.75, 3.05) is 18.5 Å². The van der Waals surface area contributed by atoms with E-state index in [4.69, 9.17) is 0 Å². The molecule has 0 bridgehead atoms. The molecule has 0 fully saturated rings. The number of pyridine rings is 1. The minimum atomic E-state index is -0.320. The molecule has 2 aromatic rings. The number of hydrogen-bond donors (Lipinski definition) is 2. The third-order valence-electron chi connectivity index (χ3n) is 4.00. The van der Waals surface area contributed by atoms with Crippen LogP contribution in [0.1, 0.15) is 21.6 Å². The van der Waals surface area contributed by atoms with Gasteiger partial charge in [0.2, 0.25) is 0 Å². The topological polar surface area (TPSA) is 65.2 Å². The molecule has 1 unspecified atom stereocenters. The van der Waals surface area contributed by atoms with Crippen molar-refractivity contribution >= 4 is 11.6 Å². The number of aryl methyl sites for hydroxylation is 1. The number of para-hydroxylation sites is 1. The van der Waals surface area contributed by atoms with E-state index in [9.17, 15) is 9.59 Å². The molecule has 3 rings (SSSR count). The monoisotopic (exact) mass is 297 g/mol. The fourth-order valence-corrected chi connectivity index (χ4v) is 2.93. The number of nitrogens with zero attached hydrogens (tertiary/aromatic N) is 1. The molecular formula is C17H19N3O2. The van der Waals surface area contributed by atoms with Gasteiger partial charge in [-0.2, -0.15) is 0 Å². The number of hydrogen-bond acceptors (Lipinski definition) is 3. The number of aromatic nitrogens is 1. The van der Waals surface area contributed by atoms with Gasteiger partial charge in [0.1, 0.15) is 5.56 Å². The Labute approximate surface area is 129 Å². The Morgan fingerprint density at radius 2 is 2.14 bits per heavy atom. The zero-order valence-corrected chi connectivity index (χ0v) is 12.7. The number of aromatic amines is 1. The number of fused-ring (bicyclic) bond motifs is 1. The average Bonchev–Trinajstić information content (AvgIpc) is 2.47. The predicted octanol–water partition coefficient (Wildman–Crippen LogP) is 1.47. The van der Waals surface area contributed by atoms with Gasteiger partial charge in [0.15, 0.2) is 5.43 Å². The van der Waals surface area contributed by atoms with Crippen molar-refractivity contribution in [3.8, 4) is 0 Å². The largest absolute Gasteiger partial charge is 0.372 e. The molecule has 22 heavy (non-hydrogen) atoms. The van der Waals surface area contributed by atoms with Crippen LogP contribution in [0.5, 0.6) is 0 Å². The smallest absolute Gasteiger partial charge is 0.257 e. The Morgan fingerprint density at radius 3 is 2.91 bits per heavy atom. The quantitative estimate of drug-likeness (QED) is 0.882. The highest BCUT2D eigenvalue weighted by atomic mass is 16.2. The van der Waals surface area contributed by atoms with E-state index in [1.165, 1.54) is 23.5 Å². The molecule has 1 aromatic carbocycles. The molecule has 5 nitrogen and oxygen atoms in total. The molecule has 0 aliphatic carbocycles. The van der Waals surface area contributed by atoms with Crippen LogP contribution < -0.4 is 15.6 Å². The van der Waals surface area contributed by atoms with Crippen LogP contribution in [0.4, 0.5) is 5.69 Å². The summed E-state index contributed by atoms with van der Waals surface area (Å²) in [5, 5.41) is 2.97. The van der Waals surface area contributed by atoms with E-state index in [1.54, 1.807) is 6.92 Å². The normalized spacial score (nSPS) is 17.0. The Hall–Kier alpha value is -2.56. The number of nitrogens with one attached hydrogen (secondary N) is 2. The number of benzene rings is 1. The first kappa shape index (κ1) is 14.4. The summed E-state index contributed by atoms with van der Waals surface area (Å²) in [7, 11) is 2.01. The molecule has 0 saturated heterocycles. The van der Waals surface area contributed by atoms with Gasteiger partial charge < -0.3 is 15.2 Å². The van der Waals surface area contributed by atoms with Gasteiger partial charge in [-0.15, -0.1) is 0 Å². The molecule has 0 spiro atoms. The van der Waals surface area contributed by atoms with Gasteiger partial charge in [-0.1, -0.05) is 18.2 Å². The van der Waals surface area contributed by atoms with Crippen molar-refractivity contribution < 1.29 is 4.79 Å². The number of anilines is 1. The molecule has 2 N–H and O–H groups in total. The molecule has 1 atom stereocenters. The lowest BCUT2D eigenvalue weighted by Crippen LogP contribution is -2.47. The third kappa shape index (κ3) is 2.74. The number of H-pyrrole nitrogens is 1. The highest BCUT2D eigenvalue weighted by molar-refractivity contribution is 5.94. The Kier molecular flexibility index (Phi) is 3.71. The van der Waals surface area contributed by atoms with Gasteiger partial charge in [0.05, 0.1) is 6.04 Å². The fraction of sp³-hybridized carbons (Fsp3) is 0.294. The summed E-state index contributed by atoms with van der Waals surface area (Å²) in [5.41, 5.74) is 3.05. The Bertz CT molecular complexity index is 766. The molecular weight excluding hydrogens is 278 g/mol. The van der Waals surface area contributed by atoms with Crippen molar-refractivity contribution in [2.24, 2.45) is 0 Å². The summed E-state index contributed by atoms with van der Waals surface area (Å²) < 4.78 is 0. The van der Waals surface area contributed by atoms with Crippen molar-refractivity contribution in [3.63, 3.8) is 0 Å². The zero-order chi connectivity index (χ0) is 15.7. The SMILES string of the molecule is Cc1cc(=O)c(C(=O)NC2Cc3ccccc3N(C)C2)c[nH]1. The van der Waals surface area contributed by atoms with E-state index >= 15 is 0 Å². The van der Waals surface area contributed by atoms with Crippen LogP contribution in [0.3, 0.4) is 0 Å². The summed E-state index contributed by atoms with van der Waals surface area (Å²) in [6.07, 6.45) is 2.25. The molecule has 1 aliphatic rings. The minimum Gasteiger partial charge on any atom is -0.372 e. The highest BCUT2D eigenvalue weighted by Gasteiger charge is 2.24. The molecule has 1 amide bonds. The maximum Gasteiger partial charge on any atom is 0.257 e. The first-order valence-corrected chi connectivity index (χ1v) is 7.34. The van der Waals surface area contributed by atoms with Crippen LogP contribution >= 0.6 is 0 Å². The van der Waals surface area contributed by atoms with E-state index in [0.29, 0.717) is 0 Å². The number of carbonyl (C=O) groups is 1. The first-order valence-electron chi connectivity index (χ1n) is 7.34. The van der Waals surface area contributed by atoms with Crippen LogP contribution in [-0.4, -0.2) is 30.5 Å². The van der Waals surface area contributed by atoms with Crippen molar-refractivity contribution in [1.82, 2.24) is 10.3 Å². The van der Waals surface area contributed by atoms with E-state index in [0.717, 1.165) is 18.7 Å². The van der Waals surface area contributed by atoms with Gasteiger partial charge in [0.25, 0.3) is 5.91 Å². The van der Waals surface area contributed by atoms with Gasteiger partial charge in [-0.05, 0) is 25.0 Å². The lowest BCUT2D eigenvalue weighted by Gasteiger charge is -2.33. The summed E-state index contributed by atoms with van der Waals surface area (Å²) in [5.74, 6) is -0.320. The van der Waals surface area contributed by atoms with Crippen molar-refractivity contribution in [3.05, 3.63) is 63.6 Å². The highest BCUT2D eigenvalue weighted by Crippen LogP contribution is 2.25. The van der Waals surface area contributed by atoms with Crippen LogP contribution in [0, 0.1) is 6.92 Å². The number of likely N-dealkylation sites (N-methyl/N-ethyl adjacent to an activating group) is 1. The lowest BCUT2D eigenvalue weighted by atomic mass is 9.98. The second kappa shape index (κ2) is 5.67. The summed E-state index contributed by atoms with van der Waals surface area (Å²) >= 11 is 0. The predicted molar refractivity (Wildman–Crippen MR) is 86.5 cm³/mol. The Morgan fingerprint density at radius 1 is 1.36 bits per heavy atom. The summed E-state index contributed by atoms with van der Waals surface area (Å²) in [4.78, 5) is 29.2. The lowest BCUT2D eigenvalue weighted by molar-refractivity contribution is 0.0936. The van der Waals surface area contributed by atoms with E-state index in [2.05, 4.69) is 27.3 Å². The van der Waals surface area contributed by atoms with Crippen molar-refractivity contribution in [2.45, 2.75) is 19.4 Å². The van der Waals surface area contributed by atoms with Gasteiger partial charge in [0, 0.05) is 37.2 Å².